The number of ether oxygens (including phenoxy) is 2. The summed E-state index contributed by atoms with van der Waals surface area (Å²) < 4.78 is 26.7. The number of aromatic nitrogens is 6. The zero-order chi connectivity index (χ0) is 25.6. The summed E-state index contributed by atoms with van der Waals surface area (Å²) in [6.07, 6.45) is 6.53. The molecule has 0 aliphatic carbocycles. The number of fused-ring (bicyclic) bond motifs is 1. The monoisotopic (exact) mass is 506 g/mol. The van der Waals surface area contributed by atoms with Crippen molar-refractivity contribution in [1.29, 1.82) is 0 Å². The Hall–Kier alpha value is -4.32. The molecule has 1 saturated heterocycles. The minimum atomic E-state index is -0.593. The van der Waals surface area contributed by atoms with E-state index in [9.17, 15) is 9.18 Å². The van der Waals surface area contributed by atoms with Crippen LogP contribution in [0.15, 0.2) is 60.2 Å². The fourth-order valence-electron chi connectivity index (χ4n) is 4.09. The molecule has 0 bridgehead atoms. The Balaban J connectivity index is 1.49. The number of pyridine rings is 2. The van der Waals surface area contributed by atoms with Crippen LogP contribution in [0.3, 0.4) is 0 Å². The lowest BCUT2D eigenvalue weighted by atomic mass is 10.1. The molecule has 4 aromatic rings. The van der Waals surface area contributed by atoms with Crippen molar-refractivity contribution in [1.82, 2.24) is 34.6 Å². The van der Waals surface area contributed by atoms with Crippen molar-refractivity contribution < 1.29 is 13.9 Å². The minimum absolute atomic E-state index is 0.0586. The number of anilines is 2. The van der Waals surface area contributed by atoms with Crippen molar-refractivity contribution in [2.75, 3.05) is 31.7 Å². The number of nitrogens with zero attached hydrogens (tertiary/aromatic N) is 6. The molecule has 0 spiro atoms. The topological polar surface area (TPSA) is 121 Å². The molecule has 5 heterocycles. The van der Waals surface area contributed by atoms with Crippen LogP contribution in [0.25, 0.3) is 16.9 Å². The zero-order valence-corrected chi connectivity index (χ0v) is 20.1. The molecule has 0 saturated carbocycles. The van der Waals surface area contributed by atoms with Crippen LogP contribution >= 0.6 is 0 Å². The molecule has 1 aliphatic heterocycles. The number of piperidine rings is 1. The van der Waals surface area contributed by atoms with E-state index in [1.165, 1.54) is 17.1 Å². The summed E-state index contributed by atoms with van der Waals surface area (Å²) in [5.74, 6) is 1.55. The van der Waals surface area contributed by atoms with Gasteiger partial charge in [0.25, 0.3) is 5.56 Å². The van der Waals surface area contributed by atoms with Gasteiger partial charge in [-0.2, -0.15) is 9.97 Å². The Kier molecular flexibility index (Phi) is 7.36. The second-order valence-corrected chi connectivity index (χ2v) is 8.37. The Labute approximate surface area is 212 Å². The smallest absolute Gasteiger partial charge is 0.278 e. The third-order valence-electron chi connectivity index (χ3n) is 5.80. The average Bonchev–Trinajstić information content (AvgIpc) is 3.20. The lowest BCUT2D eigenvalue weighted by Crippen LogP contribution is -2.34. The first kappa shape index (κ1) is 24.4. The highest BCUT2D eigenvalue weighted by Crippen LogP contribution is 2.21. The van der Waals surface area contributed by atoms with Gasteiger partial charge in [0.2, 0.25) is 17.7 Å². The lowest BCUT2D eigenvalue weighted by molar-refractivity contribution is 0.156. The molecule has 12 heteroatoms. The van der Waals surface area contributed by atoms with Gasteiger partial charge in [-0.25, -0.2) is 23.7 Å². The van der Waals surface area contributed by atoms with Gasteiger partial charge in [0, 0.05) is 18.3 Å². The minimum Gasteiger partial charge on any atom is -0.475 e. The number of allylic oxidation sites excluding steroid dienone is 1. The maximum atomic E-state index is 13.2. The van der Waals surface area contributed by atoms with E-state index in [4.69, 9.17) is 9.47 Å². The summed E-state index contributed by atoms with van der Waals surface area (Å²) in [4.78, 5) is 30.9. The van der Waals surface area contributed by atoms with Crippen LogP contribution in [0.5, 0.6) is 11.8 Å². The van der Waals surface area contributed by atoms with Crippen LogP contribution in [0, 0.1) is 0 Å². The molecule has 37 heavy (non-hydrogen) atoms. The maximum Gasteiger partial charge on any atom is 0.278 e. The Morgan fingerprint density at radius 3 is 2.76 bits per heavy atom. The van der Waals surface area contributed by atoms with E-state index in [2.05, 4.69) is 37.1 Å². The van der Waals surface area contributed by atoms with Gasteiger partial charge in [-0.15, -0.1) is 6.58 Å². The molecular weight excluding hydrogens is 479 g/mol. The summed E-state index contributed by atoms with van der Waals surface area (Å²) in [6, 6.07) is 8.77. The molecule has 1 aliphatic rings. The highest BCUT2D eigenvalue weighted by molar-refractivity contribution is 5.77. The summed E-state index contributed by atoms with van der Waals surface area (Å²) in [5.41, 5.74) is 0.720. The first-order chi connectivity index (χ1) is 18.2. The Bertz CT molecular complexity index is 1430. The van der Waals surface area contributed by atoms with Gasteiger partial charge in [0.05, 0.1) is 18.4 Å². The molecule has 2 N–H and O–H groups in total. The van der Waals surface area contributed by atoms with Crippen LogP contribution < -0.4 is 25.7 Å². The molecule has 4 aromatic heterocycles. The van der Waals surface area contributed by atoms with Crippen molar-refractivity contribution in [3.05, 3.63) is 65.7 Å². The van der Waals surface area contributed by atoms with Crippen molar-refractivity contribution in [2.45, 2.75) is 25.5 Å². The Morgan fingerprint density at radius 2 is 2.00 bits per heavy atom. The van der Waals surface area contributed by atoms with Crippen LogP contribution in [-0.4, -0.2) is 61.8 Å². The molecule has 0 amide bonds. The Morgan fingerprint density at radius 1 is 1.14 bits per heavy atom. The van der Waals surface area contributed by atoms with Gasteiger partial charge >= 0.3 is 0 Å². The van der Waals surface area contributed by atoms with Crippen molar-refractivity contribution in [3.63, 3.8) is 0 Å². The fraction of sp³-hybridized carbons (Fsp3) is 0.320. The van der Waals surface area contributed by atoms with Crippen molar-refractivity contribution in [3.8, 4) is 17.6 Å². The molecule has 11 nitrogen and oxygen atoms in total. The van der Waals surface area contributed by atoms with Crippen molar-refractivity contribution in [2.24, 2.45) is 0 Å². The number of halogens is 1. The predicted octanol–water partition coefficient (Wildman–Crippen LogP) is 2.78. The quantitative estimate of drug-likeness (QED) is 0.313. The second kappa shape index (κ2) is 11.2. The number of nitrogens with one attached hydrogen (secondary N) is 2. The molecule has 0 aromatic carbocycles. The van der Waals surface area contributed by atoms with Gasteiger partial charge in [0.15, 0.2) is 11.5 Å². The van der Waals surface area contributed by atoms with E-state index in [0.717, 1.165) is 25.9 Å². The molecular formula is C25H27FN8O3. The second-order valence-electron chi connectivity index (χ2n) is 8.37. The van der Waals surface area contributed by atoms with Gasteiger partial charge in [-0.05, 0) is 38.1 Å². The van der Waals surface area contributed by atoms with E-state index in [0.29, 0.717) is 34.3 Å². The highest BCUT2D eigenvalue weighted by Gasteiger charge is 2.20. The van der Waals surface area contributed by atoms with Gasteiger partial charge in [0.1, 0.15) is 24.8 Å². The van der Waals surface area contributed by atoms with Crippen LogP contribution in [0.1, 0.15) is 12.8 Å². The average molecular weight is 507 g/mol. The SMILES string of the molecule is C=CCn1c(=O)c2cnc(Nc3ccc(OCCF)nc3)nc2n1-c1cccc(OC2CCNCC2)n1. The number of rotatable bonds is 10. The maximum absolute atomic E-state index is 13.2. The number of alkyl halides is 1. The lowest BCUT2D eigenvalue weighted by Gasteiger charge is -2.23. The molecule has 5 rings (SSSR count). The summed E-state index contributed by atoms with van der Waals surface area (Å²) in [6.45, 7) is 5.20. The summed E-state index contributed by atoms with van der Waals surface area (Å²) >= 11 is 0. The predicted molar refractivity (Wildman–Crippen MR) is 137 cm³/mol. The molecule has 0 unspecified atom stereocenters. The standard InChI is InChI=1S/C25H27FN8O3/c1-2-13-33-24(35)19-16-29-25(30-17-6-7-21(28-15-17)36-14-10-26)32-23(19)34(33)20-4-3-5-22(31-20)37-18-8-11-27-12-9-18/h2-7,15-16,18,27H,1,8-14H2,(H,29,30,32). The van der Waals surface area contributed by atoms with Gasteiger partial charge in [-0.1, -0.05) is 12.1 Å². The van der Waals surface area contributed by atoms with Crippen LogP contribution in [0.2, 0.25) is 0 Å². The van der Waals surface area contributed by atoms with E-state index < -0.39 is 6.67 Å². The normalized spacial score (nSPS) is 14.0. The van der Waals surface area contributed by atoms with Gasteiger partial charge in [-0.3, -0.25) is 4.79 Å². The zero-order valence-electron chi connectivity index (χ0n) is 20.1. The number of hydrogen-bond acceptors (Lipinski definition) is 9. The van der Waals surface area contributed by atoms with Crippen LogP contribution in [-0.2, 0) is 6.54 Å². The van der Waals surface area contributed by atoms with Crippen molar-refractivity contribution >= 4 is 22.7 Å². The molecule has 0 radical (unpaired) electrons. The molecule has 1 fully saturated rings. The largest absolute Gasteiger partial charge is 0.475 e. The van der Waals surface area contributed by atoms with Crippen LogP contribution in [0.4, 0.5) is 16.0 Å². The highest BCUT2D eigenvalue weighted by atomic mass is 19.1. The van der Waals surface area contributed by atoms with E-state index in [1.54, 1.807) is 29.0 Å². The first-order valence-electron chi connectivity index (χ1n) is 12.0. The van der Waals surface area contributed by atoms with E-state index in [-0.39, 0.29) is 30.8 Å². The third kappa shape index (κ3) is 5.43. The number of hydrogen-bond donors (Lipinski definition) is 2. The van der Waals surface area contributed by atoms with E-state index in [1.807, 2.05) is 12.1 Å². The van der Waals surface area contributed by atoms with E-state index >= 15 is 0 Å². The molecule has 192 valence electrons. The first-order valence-corrected chi connectivity index (χ1v) is 12.0. The van der Waals surface area contributed by atoms with Gasteiger partial charge < -0.3 is 20.1 Å². The fourth-order valence-corrected chi connectivity index (χ4v) is 4.09. The third-order valence-corrected chi connectivity index (χ3v) is 5.80. The molecule has 0 atom stereocenters. The summed E-state index contributed by atoms with van der Waals surface area (Å²) in [7, 11) is 0. The summed E-state index contributed by atoms with van der Waals surface area (Å²) in [5, 5.41) is 6.73.